The molecule has 1 aliphatic rings. The van der Waals surface area contributed by atoms with Gasteiger partial charge in [0.05, 0.1) is 0 Å². The van der Waals surface area contributed by atoms with Crippen LogP contribution >= 0.6 is 0 Å². The van der Waals surface area contributed by atoms with Gasteiger partial charge in [-0.1, -0.05) is 90.0 Å². The molecule has 0 bridgehead atoms. The van der Waals surface area contributed by atoms with Gasteiger partial charge >= 0.3 is 0 Å². The molecule has 1 atom stereocenters. The number of rotatable bonds is 12. The monoisotopic (exact) mass is 479 g/mol. The maximum Gasteiger partial charge on any atom is 0.232 e. The predicted octanol–water partition coefficient (Wildman–Crippen LogP) is 5.87. The fourth-order valence-electron chi connectivity index (χ4n) is 4.87. The molecular weight excluding hydrogens is 422 g/mol. The average Bonchev–Trinajstić information content (AvgIpc) is 2.86. The lowest BCUT2D eigenvalue weighted by atomic mass is 9.54. The van der Waals surface area contributed by atoms with Crippen LogP contribution in [0.5, 0.6) is 0 Å². The summed E-state index contributed by atoms with van der Waals surface area (Å²) in [6.07, 6.45) is 2.14. The summed E-state index contributed by atoms with van der Waals surface area (Å²) in [5.74, 6) is -0.229. The van der Waals surface area contributed by atoms with Crippen LogP contribution in [-0.4, -0.2) is 42.9 Å². The third kappa shape index (κ3) is 7.78. The molecule has 0 aromatic carbocycles. The summed E-state index contributed by atoms with van der Waals surface area (Å²) in [7, 11) is 0. The Labute approximate surface area is 211 Å². The van der Waals surface area contributed by atoms with Crippen LogP contribution in [0.4, 0.5) is 0 Å². The predicted molar refractivity (Wildman–Crippen MR) is 144 cm³/mol. The molecule has 200 valence electrons. The van der Waals surface area contributed by atoms with E-state index in [4.69, 9.17) is 5.73 Å². The number of nitrogens with zero attached hydrogens (tertiary/aromatic N) is 1. The van der Waals surface area contributed by atoms with E-state index in [0.717, 1.165) is 25.9 Å². The lowest BCUT2D eigenvalue weighted by Crippen LogP contribution is -2.46. The van der Waals surface area contributed by atoms with Gasteiger partial charge in [-0.15, -0.1) is 0 Å². The van der Waals surface area contributed by atoms with E-state index in [9.17, 15) is 9.59 Å². The van der Waals surface area contributed by atoms with Crippen molar-refractivity contribution >= 4 is 11.8 Å². The summed E-state index contributed by atoms with van der Waals surface area (Å²) in [5.41, 5.74) is 5.97. The van der Waals surface area contributed by atoms with Crippen molar-refractivity contribution in [2.45, 2.75) is 109 Å². The minimum atomic E-state index is -0.223. The van der Waals surface area contributed by atoms with E-state index in [1.54, 1.807) is 0 Å². The largest absolute Gasteiger partial charge is 0.330 e. The molecule has 2 amide bonds. The molecule has 34 heavy (non-hydrogen) atoms. The van der Waals surface area contributed by atoms with Crippen LogP contribution in [-0.2, 0) is 9.59 Å². The zero-order valence-electron chi connectivity index (χ0n) is 24.9. The van der Waals surface area contributed by atoms with Gasteiger partial charge in [0.25, 0.3) is 0 Å². The number of imide groups is 1. The molecule has 3 N–H and O–H groups in total. The number of hydrogen-bond acceptors (Lipinski definition) is 4. The lowest BCUT2D eigenvalue weighted by molar-refractivity contribution is -0.141. The first-order valence-electron chi connectivity index (χ1n) is 13.2. The van der Waals surface area contributed by atoms with Crippen molar-refractivity contribution in [3.63, 3.8) is 0 Å². The van der Waals surface area contributed by atoms with Crippen molar-refractivity contribution in [1.29, 1.82) is 0 Å². The molecule has 5 nitrogen and oxygen atoms in total. The summed E-state index contributed by atoms with van der Waals surface area (Å²) < 4.78 is 0. The topological polar surface area (TPSA) is 75.4 Å². The molecule has 1 saturated heterocycles. The van der Waals surface area contributed by atoms with Crippen LogP contribution in [0.15, 0.2) is 0 Å². The number of likely N-dealkylation sites (tertiary alicyclic amines) is 1. The highest BCUT2D eigenvalue weighted by Gasteiger charge is 2.49. The van der Waals surface area contributed by atoms with Crippen LogP contribution in [0.3, 0.4) is 0 Å². The SMILES string of the molecule is CC(C)(CN)CNCC(C)(C)CN1C(=O)CC(CC(C)(C)C(C)(C)CC(C)(C)C(C)(C)C)C1=O. The number of nitrogens with two attached hydrogens (primary N) is 1. The second-order valence-corrected chi connectivity index (χ2v) is 15.6. The van der Waals surface area contributed by atoms with E-state index in [2.05, 4.69) is 95.3 Å². The van der Waals surface area contributed by atoms with Gasteiger partial charge in [0.2, 0.25) is 11.8 Å². The van der Waals surface area contributed by atoms with Crippen LogP contribution < -0.4 is 11.1 Å². The molecule has 5 heteroatoms. The molecule has 1 fully saturated rings. The lowest BCUT2D eigenvalue weighted by Gasteiger charge is -2.51. The van der Waals surface area contributed by atoms with E-state index in [1.165, 1.54) is 4.90 Å². The summed E-state index contributed by atoms with van der Waals surface area (Å²) in [6, 6.07) is 0. The number of amides is 2. The van der Waals surface area contributed by atoms with Gasteiger partial charge in [-0.05, 0) is 51.9 Å². The van der Waals surface area contributed by atoms with Crippen LogP contribution in [0, 0.1) is 38.4 Å². The van der Waals surface area contributed by atoms with Gasteiger partial charge in [-0.25, -0.2) is 0 Å². The highest BCUT2D eigenvalue weighted by Crippen LogP contribution is 2.54. The molecular formula is C29H57N3O2. The van der Waals surface area contributed by atoms with Crippen LogP contribution in [0.25, 0.3) is 0 Å². The highest BCUT2D eigenvalue weighted by atomic mass is 16.2. The fraction of sp³-hybridized carbons (Fsp3) is 0.931. The van der Waals surface area contributed by atoms with E-state index >= 15 is 0 Å². The van der Waals surface area contributed by atoms with Crippen molar-refractivity contribution in [3.05, 3.63) is 0 Å². The normalized spacial score (nSPS) is 19.4. The van der Waals surface area contributed by atoms with Gasteiger partial charge in [-0.3, -0.25) is 14.5 Å². The van der Waals surface area contributed by atoms with Gasteiger partial charge in [0, 0.05) is 32.0 Å². The molecule has 1 aliphatic heterocycles. The smallest absolute Gasteiger partial charge is 0.232 e. The van der Waals surface area contributed by atoms with Crippen molar-refractivity contribution in [2.24, 2.45) is 44.1 Å². The average molecular weight is 480 g/mol. The highest BCUT2D eigenvalue weighted by molar-refractivity contribution is 6.03. The standard InChI is InChI=1S/C29H57N3O2/c1-24(2,3)28(10,11)16-29(12,13)27(8,9)15-21-14-22(33)32(23(21)34)20-26(6,7)19-31-18-25(4,5)17-30/h21,31H,14-20,30H2,1-13H3. The molecule has 0 saturated carbocycles. The molecule has 0 spiro atoms. The van der Waals surface area contributed by atoms with E-state index in [-0.39, 0.29) is 50.2 Å². The Morgan fingerprint density at radius 1 is 0.794 bits per heavy atom. The Hall–Kier alpha value is -0.940. The molecule has 1 rings (SSSR count). The third-order valence-corrected chi connectivity index (χ3v) is 9.19. The Kier molecular flexibility index (Phi) is 9.33. The first-order chi connectivity index (χ1) is 15.0. The minimum absolute atomic E-state index is 0.0133. The van der Waals surface area contributed by atoms with Crippen molar-refractivity contribution in [2.75, 3.05) is 26.2 Å². The quantitative estimate of drug-likeness (QED) is 0.343. The number of carbonyl (C=O) groups is 2. The van der Waals surface area contributed by atoms with Crippen LogP contribution in [0.1, 0.15) is 109 Å². The number of hydrogen-bond donors (Lipinski definition) is 2. The maximum absolute atomic E-state index is 13.4. The summed E-state index contributed by atoms with van der Waals surface area (Å²) in [5, 5.41) is 3.49. The molecule has 0 aliphatic carbocycles. The zero-order valence-corrected chi connectivity index (χ0v) is 24.9. The zero-order chi connectivity index (χ0) is 27.0. The Morgan fingerprint density at radius 3 is 1.76 bits per heavy atom. The maximum atomic E-state index is 13.4. The second-order valence-electron chi connectivity index (χ2n) is 15.6. The molecule has 1 unspecified atom stereocenters. The van der Waals surface area contributed by atoms with E-state index in [1.807, 2.05) is 0 Å². The van der Waals surface area contributed by atoms with Gasteiger partial charge in [-0.2, -0.15) is 0 Å². The summed E-state index contributed by atoms with van der Waals surface area (Å²) >= 11 is 0. The first kappa shape index (κ1) is 31.1. The third-order valence-electron chi connectivity index (χ3n) is 9.19. The summed E-state index contributed by atoms with van der Waals surface area (Å²) in [6.45, 7) is 32.0. The van der Waals surface area contributed by atoms with Crippen LogP contribution in [0.2, 0.25) is 0 Å². The number of nitrogens with one attached hydrogen (secondary N) is 1. The Bertz CT molecular complexity index is 726. The number of carbonyl (C=O) groups excluding carboxylic acids is 2. The Balaban J connectivity index is 2.87. The van der Waals surface area contributed by atoms with Gasteiger partial charge in [0.15, 0.2) is 0 Å². The van der Waals surface area contributed by atoms with Gasteiger partial charge in [0.1, 0.15) is 0 Å². The molecule has 1 heterocycles. The van der Waals surface area contributed by atoms with E-state index in [0.29, 0.717) is 19.5 Å². The molecule has 0 aromatic rings. The Morgan fingerprint density at radius 2 is 1.29 bits per heavy atom. The second kappa shape index (κ2) is 10.2. The fourth-order valence-corrected chi connectivity index (χ4v) is 4.87. The molecule has 0 radical (unpaired) electrons. The summed E-state index contributed by atoms with van der Waals surface area (Å²) in [4.78, 5) is 27.8. The first-order valence-corrected chi connectivity index (χ1v) is 13.2. The van der Waals surface area contributed by atoms with Crippen molar-refractivity contribution < 1.29 is 9.59 Å². The van der Waals surface area contributed by atoms with Crippen molar-refractivity contribution in [1.82, 2.24) is 10.2 Å². The van der Waals surface area contributed by atoms with E-state index < -0.39 is 0 Å². The molecule has 0 aromatic heterocycles. The van der Waals surface area contributed by atoms with Crippen molar-refractivity contribution in [3.8, 4) is 0 Å². The van der Waals surface area contributed by atoms with Gasteiger partial charge < -0.3 is 11.1 Å². The minimum Gasteiger partial charge on any atom is -0.330 e.